The van der Waals surface area contributed by atoms with E-state index in [-0.39, 0.29) is 24.9 Å². The summed E-state index contributed by atoms with van der Waals surface area (Å²) >= 11 is 0. The van der Waals surface area contributed by atoms with Gasteiger partial charge in [0.15, 0.2) is 0 Å². The van der Waals surface area contributed by atoms with Gasteiger partial charge in [-0.15, -0.1) is 0 Å². The molecule has 0 aliphatic heterocycles. The first-order valence-corrected chi connectivity index (χ1v) is 23.0. The zero-order chi connectivity index (χ0) is 41.7. The Bertz CT molecular complexity index is 1160. The Hall–Kier alpha value is -3.22. The number of carbonyl (C=O) groups excluding carboxylic acids is 2. The van der Waals surface area contributed by atoms with Gasteiger partial charge in [-0.05, 0) is 70.3 Å². The zero-order valence-corrected chi connectivity index (χ0v) is 36.7. The summed E-state index contributed by atoms with van der Waals surface area (Å²) in [5.74, 6) is -0.664. The number of hydrogen-bond acceptors (Lipinski definition) is 5. The maximum atomic E-state index is 13.1. The molecule has 0 bridgehead atoms. The van der Waals surface area contributed by atoms with Gasteiger partial charge in [0.2, 0.25) is 5.91 Å². The van der Waals surface area contributed by atoms with E-state index in [0.717, 1.165) is 89.9 Å². The summed E-state index contributed by atoms with van der Waals surface area (Å²) in [5.41, 5.74) is 0. The van der Waals surface area contributed by atoms with Gasteiger partial charge in [-0.25, -0.2) is 0 Å². The Morgan fingerprint density at radius 2 is 1.05 bits per heavy atom. The van der Waals surface area contributed by atoms with E-state index in [1.807, 2.05) is 6.08 Å². The van der Waals surface area contributed by atoms with Crippen molar-refractivity contribution in [2.75, 3.05) is 6.61 Å². The van der Waals surface area contributed by atoms with Crippen molar-refractivity contribution in [3.8, 4) is 0 Å². The summed E-state index contributed by atoms with van der Waals surface area (Å²) < 4.78 is 5.78. The fourth-order valence-electron chi connectivity index (χ4n) is 6.27. The van der Waals surface area contributed by atoms with Gasteiger partial charge in [-0.1, -0.05) is 202 Å². The van der Waals surface area contributed by atoms with Crippen molar-refractivity contribution in [2.24, 2.45) is 0 Å². The lowest BCUT2D eigenvalue weighted by atomic mass is 10.0. The van der Waals surface area contributed by atoms with Crippen molar-refractivity contribution < 1.29 is 24.5 Å². The Morgan fingerprint density at radius 3 is 1.61 bits per heavy atom. The summed E-state index contributed by atoms with van der Waals surface area (Å²) in [7, 11) is 0. The predicted octanol–water partition coefficient (Wildman–Crippen LogP) is 13.4. The number of amides is 1. The molecule has 0 heterocycles. The highest BCUT2D eigenvalue weighted by atomic mass is 16.5. The van der Waals surface area contributed by atoms with E-state index in [1.165, 1.54) is 51.4 Å². The van der Waals surface area contributed by atoms with Crippen molar-refractivity contribution >= 4 is 11.9 Å². The standard InChI is InChI=1S/C51H85NO5/c1-4-7-10-13-16-19-22-24-26-28-30-33-36-39-42-47(57-51(56)44-41-38-35-32-29-25-23-20-17-14-11-8-5-2)45-50(55)52-48(46-53)49(54)43-40-37-34-31-27-21-18-15-12-9-6-3/h7-8,10-11,14,16-17,19-20,23-24,26,30,33,39,42,47-49,53-54H,4-6,9,12-13,15,18,21-22,25,27-29,31-32,34-38,40-41,43-46H2,1-3H3,(H,52,55)/b10-7+,11-8+,17-14+,19-16+,23-20-,26-24+,33-30+,42-39+. The van der Waals surface area contributed by atoms with Crippen LogP contribution in [0.2, 0.25) is 0 Å². The number of ether oxygens (including phenoxy) is 1. The molecule has 3 N–H and O–H groups in total. The van der Waals surface area contributed by atoms with Crippen molar-refractivity contribution in [1.29, 1.82) is 0 Å². The van der Waals surface area contributed by atoms with E-state index in [0.29, 0.717) is 19.3 Å². The van der Waals surface area contributed by atoms with Crippen LogP contribution in [0.4, 0.5) is 0 Å². The van der Waals surface area contributed by atoms with Gasteiger partial charge in [0.1, 0.15) is 6.10 Å². The maximum Gasteiger partial charge on any atom is 0.306 e. The van der Waals surface area contributed by atoms with Crippen LogP contribution < -0.4 is 5.32 Å². The van der Waals surface area contributed by atoms with E-state index in [1.54, 1.807) is 6.08 Å². The molecule has 6 heteroatoms. The third kappa shape index (κ3) is 39.4. The summed E-state index contributed by atoms with van der Waals surface area (Å²) in [5, 5.41) is 23.6. The van der Waals surface area contributed by atoms with E-state index < -0.39 is 18.2 Å². The van der Waals surface area contributed by atoms with Crippen LogP contribution in [0.5, 0.6) is 0 Å². The summed E-state index contributed by atoms with van der Waals surface area (Å²) in [4.78, 5) is 25.9. The van der Waals surface area contributed by atoms with Crippen LogP contribution in [0.15, 0.2) is 97.2 Å². The fourth-order valence-corrected chi connectivity index (χ4v) is 6.27. The largest absolute Gasteiger partial charge is 0.458 e. The lowest BCUT2D eigenvalue weighted by Gasteiger charge is -2.23. The summed E-state index contributed by atoms with van der Waals surface area (Å²) in [6, 6.07) is -0.750. The van der Waals surface area contributed by atoms with Gasteiger partial charge < -0.3 is 20.3 Å². The van der Waals surface area contributed by atoms with Crippen LogP contribution in [0.1, 0.15) is 188 Å². The van der Waals surface area contributed by atoms with Crippen molar-refractivity contribution in [3.05, 3.63) is 97.2 Å². The molecule has 1 amide bonds. The lowest BCUT2D eigenvalue weighted by Crippen LogP contribution is -2.46. The van der Waals surface area contributed by atoms with Crippen LogP contribution in [-0.2, 0) is 14.3 Å². The van der Waals surface area contributed by atoms with E-state index >= 15 is 0 Å². The van der Waals surface area contributed by atoms with Gasteiger partial charge in [0.25, 0.3) is 0 Å². The molecule has 0 aromatic rings. The third-order valence-corrected chi connectivity index (χ3v) is 9.72. The number of carbonyl (C=O) groups is 2. The second kappa shape index (κ2) is 43.9. The van der Waals surface area contributed by atoms with E-state index in [4.69, 9.17) is 4.74 Å². The monoisotopic (exact) mass is 792 g/mol. The minimum atomic E-state index is -0.826. The minimum Gasteiger partial charge on any atom is -0.458 e. The molecule has 0 saturated heterocycles. The molecule has 0 fully saturated rings. The highest BCUT2D eigenvalue weighted by molar-refractivity contribution is 5.78. The van der Waals surface area contributed by atoms with Gasteiger partial charge in [0, 0.05) is 6.42 Å². The molecule has 0 aliphatic carbocycles. The number of rotatable bonds is 39. The molecule has 3 unspecified atom stereocenters. The first kappa shape index (κ1) is 53.8. The minimum absolute atomic E-state index is 0.0598. The van der Waals surface area contributed by atoms with Gasteiger partial charge in [-0.2, -0.15) is 0 Å². The first-order valence-electron chi connectivity index (χ1n) is 23.0. The Balaban J connectivity index is 4.83. The van der Waals surface area contributed by atoms with Crippen LogP contribution in [-0.4, -0.2) is 46.9 Å². The van der Waals surface area contributed by atoms with E-state index in [9.17, 15) is 19.8 Å². The molecule has 0 aromatic carbocycles. The SMILES string of the molecule is CC/C=C/C=C/C=C\CCCCCCCC(=O)OC(/C=C/C/C=C/C/C=C/C/C=C/C/C=C/CC)CC(=O)NC(CO)C(O)CCCCCCCCCCCCC. The summed E-state index contributed by atoms with van der Waals surface area (Å²) in [6.07, 6.45) is 57.8. The molecule has 0 spiro atoms. The van der Waals surface area contributed by atoms with Gasteiger partial charge >= 0.3 is 5.97 Å². The highest BCUT2D eigenvalue weighted by Gasteiger charge is 2.23. The number of hydrogen-bond donors (Lipinski definition) is 3. The van der Waals surface area contributed by atoms with Crippen molar-refractivity contribution in [3.63, 3.8) is 0 Å². The number of nitrogens with one attached hydrogen (secondary N) is 1. The Morgan fingerprint density at radius 1 is 0.561 bits per heavy atom. The number of unbranched alkanes of at least 4 members (excludes halogenated alkanes) is 15. The Labute approximate surface area is 350 Å². The average Bonchev–Trinajstić information content (AvgIpc) is 3.20. The molecule has 0 radical (unpaired) electrons. The molecule has 0 rings (SSSR count). The number of esters is 1. The maximum absolute atomic E-state index is 13.1. The molecule has 0 aliphatic rings. The smallest absolute Gasteiger partial charge is 0.306 e. The molecule has 0 saturated carbocycles. The number of aliphatic hydroxyl groups is 2. The molecular formula is C51H85NO5. The van der Waals surface area contributed by atoms with E-state index in [2.05, 4.69) is 111 Å². The predicted molar refractivity (Wildman–Crippen MR) is 245 cm³/mol. The summed E-state index contributed by atoms with van der Waals surface area (Å²) in [6.45, 7) is 6.16. The van der Waals surface area contributed by atoms with Gasteiger partial charge in [-0.3, -0.25) is 9.59 Å². The second-order valence-corrected chi connectivity index (χ2v) is 15.1. The highest BCUT2D eigenvalue weighted by Crippen LogP contribution is 2.15. The third-order valence-electron chi connectivity index (χ3n) is 9.72. The molecule has 6 nitrogen and oxygen atoms in total. The van der Waals surface area contributed by atoms with Crippen molar-refractivity contribution in [2.45, 2.75) is 206 Å². The zero-order valence-electron chi connectivity index (χ0n) is 36.7. The average molecular weight is 792 g/mol. The molecular weight excluding hydrogens is 707 g/mol. The molecule has 324 valence electrons. The Kier molecular flexibility index (Phi) is 41.4. The first-order chi connectivity index (χ1) is 28.0. The number of aliphatic hydroxyl groups excluding tert-OH is 2. The normalized spacial score (nSPS) is 14.3. The quantitative estimate of drug-likeness (QED) is 0.0249. The van der Waals surface area contributed by atoms with Crippen LogP contribution in [0.3, 0.4) is 0 Å². The molecule has 57 heavy (non-hydrogen) atoms. The van der Waals surface area contributed by atoms with Gasteiger partial charge in [0.05, 0.1) is 25.2 Å². The number of allylic oxidation sites excluding steroid dienone is 15. The molecule has 0 aromatic heterocycles. The molecule has 3 atom stereocenters. The van der Waals surface area contributed by atoms with Crippen molar-refractivity contribution in [1.82, 2.24) is 5.32 Å². The second-order valence-electron chi connectivity index (χ2n) is 15.1. The lowest BCUT2D eigenvalue weighted by molar-refractivity contribution is -0.148. The topological polar surface area (TPSA) is 95.9 Å². The van der Waals surface area contributed by atoms with Crippen LogP contribution in [0.25, 0.3) is 0 Å². The fraction of sp³-hybridized carbons (Fsp3) is 0.647. The van der Waals surface area contributed by atoms with Crippen LogP contribution in [0, 0.1) is 0 Å². The van der Waals surface area contributed by atoms with Crippen LogP contribution >= 0.6 is 0 Å².